The second-order valence-electron chi connectivity index (χ2n) is 5.89. The van der Waals surface area contributed by atoms with Crippen LogP contribution in [0, 0.1) is 0 Å². The van der Waals surface area contributed by atoms with Crippen LogP contribution in [-0.4, -0.2) is 29.7 Å². The zero-order valence-corrected chi connectivity index (χ0v) is 14.9. The van der Waals surface area contributed by atoms with Crippen molar-refractivity contribution in [3.63, 3.8) is 0 Å². The molecule has 24 heavy (non-hydrogen) atoms. The van der Waals surface area contributed by atoms with Gasteiger partial charge in [-0.3, -0.25) is 4.79 Å². The predicted molar refractivity (Wildman–Crippen MR) is 92.4 cm³/mol. The number of benzene rings is 1. The Hall–Kier alpha value is -2.50. The first kappa shape index (κ1) is 17.8. The normalized spacial score (nSPS) is 12.1. The summed E-state index contributed by atoms with van der Waals surface area (Å²) in [5, 5.41) is 2.96. The fourth-order valence-corrected chi connectivity index (χ4v) is 2.65. The van der Waals surface area contributed by atoms with Crippen molar-refractivity contribution in [3.8, 4) is 11.5 Å². The van der Waals surface area contributed by atoms with E-state index >= 15 is 0 Å². The summed E-state index contributed by atoms with van der Waals surface area (Å²) in [7, 11) is 3.18. The van der Waals surface area contributed by atoms with Gasteiger partial charge in [-0.1, -0.05) is 26.0 Å². The summed E-state index contributed by atoms with van der Waals surface area (Å²) in [4.78, 5) is 16.8. The first-order chi connectivity index (χ1) is 11.5. The Labute approximate surface area is 142 Å². The van der Waals surface area contributed by atoms with E-state index in [1.54, 1.807) is 20.4 Å². The molecule has 2 rings (SSSR count). The molecule has 6 nitrogen and oxygen atoms in total. The van der Waals surface area contributed by atoms with E-state index in [2.05, 4.69) is 24.1 Å². The third-order valence-electron chi connectivity index (χ3n) is 3.95. The van der Waals surface area contributed by atoms with Crippen molar-refractivity contribution in [2.75, 3.05) is 14.2 Å². The van der Waals surface area contributed by atoms with Crippen molar-refractivity contribution in [2.45, 2.75) is 39.3 Å². The molecule has 1 amide bonds. The van der Waals surface area contributed by atoms with Gasteiger partial charge < -0.3 is 19.4 Å². The van der Waals surface area contributed by atoms with Crippen LogP contribution in [0.4, 0.5) is 0 Å². The Morgan fingerprint density at radius 2 is 2.00 bits per heavy atom. The highest BCUT2D eigenvalue weighted by atomic mass is 16.5. The topological polar surface area (TPSA) is 65.4 Å². The molecule has 6 heteroatoms. The van der Waals surface area contributed by atoms with Gasteiger partial charge in [0.1, 0.15) is 11.9 Å². The summed E-state index contributed by atoms with van der Waals surface area (Å²) in [6.07, 6.45) is 3.57. The Kier molecular flexibility index (Phi) is 5.84. The number of methoxy groups -OCH3 is 2. The number of ether oxygens (including phenoxy) is 2. The maximum Gasteiger partial charge on any atom is 0.243 e. The lowest BCUT2D eigenvalue weighted by Crippen LogP contribution is -2.31. The summed E-state index contributed by atoms with van der Waals surface area (Å²) in [5.41, 5.74) is 0.868. The van der Waals surface area contributed by atoms with Crippen LogP contribution in [-0.2, 0) is 11.3 Å². The number of imidazole rings is 1. The van der Waals surface area contributed by atoms with E-state index in [0.29, 0.717) is 18.0 Å². The summed E-state index contributed by atoms with van der Waals surface area (Å²) >= 11 is 0. The van der Waals surface area contributed by atoms with Crippen LogP contribution in [0.15, 0.2) is 30.6 Å². The molecule has 130 valence electrons. The molecule has 0 spiro atoms. The van der Waals surface area contributed by atoms with Crippen molar-refractivity contribution in [1.29, 1.82) is 0 Å². The first-order valence-corrected chi connectivity index (χ1v) is 7.99. The number of carbonyl (C=O) groups excluding carboxylic acids is 1. The number of hydrogen-bond donors (Lipinski definition) is 1. The second-order valence-corrected chi connectivity index (χ2v) is 5.89. The number of nitrogens with zero attached hydrogens (tertiary/aromatic N) is 2. The molecule has 0 unspecified atom stereocenters. The zero-order chi connectivity index (χ0) is 17.7. The van der Waals surface area contributed by atoms with Gasteiger partial charge in [0.2, 0.25) is 5.91 Å². The lowest BCUT2D eigenvalue weighted by Gasteiger charge is -2.18. The standard InChI is InChI=1S/C18H25N3O3/c1-12(2)17-19-9-10-21(17)13(3)18(22)20-11-14-7-6-8-15(23-4)16(14)24-5/h6-10,12-13H,11H2,1-5H3,(H,20,22)/t13-/m1/s1. The van der Waals surface area contributed by atoms with Crippen LogP contribution in [0.3, 0.4) is 0 Å². The molecule has 0 saturated carbocycles. The van der Waals surface area contributed by atoms with Crippen LogP contribution < -0.4 is 14.8 Å². The zero-order valence-electron chi connectivity index (χ0n) is 14.9. The molecule has 1 aromatic heterocycles. The quantitative estimate of drug-likeness (QED) is 0.847. The molecule has 1 aromatic carbocycles. The molecular formula is C18H25N3O3. The first-order valence-electron chi connectivity index (χ1n) is 7.99. The number of nitrogens with one attached hydrogen (secondary N) is 1. The second kappa shape index (κ2) is 7.86. The molecule has 1 heterocycles. The third-order valence-corrected chi connectivity index (χ3v) is 3.95. The fraction of sp³-hybridized carbons (Fsp3) is 0.444. The summed E-state index contributed by atoms with van der Waals surface area (Å²) in [6.45, 7) is 6.36. The molecule has 1 atom stereocenters. The van der Waals surface area contributed by atoms with Crippen molar-refractivity contribution in [2.24, 2.45) is 0 Å². The van der Waals surface area contributed by atoms with Crippen molar-refractivity contribution in [1.82, 2.24) is 14.9 Å². The van der Waals surface area contributed by atoms with Crippen LogP contribution in [0.1, 0.15) is 44.1 Å². The van der Waals surface area contributed by atoms with Gasteiger partial charge in [-0.15, -0.1) is 0 Å². The Morgan fingerprint density at radius 1 is 1.25 bits per heavy atom. The number of carbonyl (C=O) groups is 1. The van der Waals surface area contributed by atoms with E-state index in [0.717, 1.165) is 11.4 Å². The Bertz CT molecular complexity index is 695. The van der Waals surface area contributed by atoms with E-state index in [1.165, 1.54) is 0 Å². The molecule has 0 radical (unpaired) electrons. The summed E-state index contributed by atoms with van der Waals surface area (Å²) < 4.78 is 12.6. The molecule has 2 aromatic rings. The molecule has 0 bridgehead atoms. The highest BCUT2D eigenvalue weighted by Gasteiger charge is 2.19. The monoisotopic (exact) mass is 331 g/mol. The van der Waals surface area contributed by atoms with Gasteiger partial charge in [0.25, 0.3) is 0 Å². The van der Waals surface area contributed by atoms with E-state index in [9.17, 15) is 4.79 Å². The highest BCUT2D eigenvalue weighted by molar-refractivity contribution is 5.80. The average Bonchev–Trinajstić information content (AvgIpc) is 3.08. The Balaban J connectivity index is 2.09. The fourth-order valence-electron chi connectivity index (χ4n) is 2.65. The number of amides is 1. The van der Waals surface area contributed by atoms with E-state index in [4.69, 9.17) is 9.47 Å². The van der Waals surface area contributed by atoms with Crippen LogP contribution in [0.2, 0.25) is 0 Å². The van der Waals surface area contributed by atoms with E-state index < -0.39 is 0 Å². The summed E-state index contributed by atoms with van der Waals surface area (Å²) in [6, 6.07) is 5.27. The predicted octanol–water partition coefficient (Wildman–Crippen LogP) is 2.90. The SMILES string of the molecule is COc1cccc(CNC(=O)[C@@H](C)n2ccnc2C(C)C)c1OC. The summed E-state index contributed by atoms with van der Waals surface area (Å²) in [5.74, 6) is 2.37. The molecule has 0 aliphatic carbocycles. The molecule has 0 aliphatic heterocycles. The van der Waals surface area contributed by atoms with Crippen LogP contribution in [0.25, 0.3) is 0 Å². The third kappa shape index (κ3) is 3.69. The van der Waals surface area contributed by atoms with Gasteiger partial charge in [-0.05, 0) is 13.0 Å². The molecule has 0 saturated heterocycles. The average molecular weight is 331 g/mol. The molecular weight excluding hydrogens is 306 g/mol. The largest absolute Gasteiger partial charge is 0.493 e. The van der Waals surface area contributed by atoms with Gasteiger partial charge in [0.15, 0.2) is 11.5 Å². The van der Waals surface area contributed by atoms with Crippen molar-refractivity contribution >= 4 is 5.91 Å². The van der Waals surface area contributed by atoms with E-state index in [1.807, 2.05) is 35.9 Å². The smallest absolute Gasteiger partial charge is 0.243 e. The lowest BCUT2D eigenvalue weighted by atomic mass is 10.1. The van der Waals surface area contributed by atoms with Crippen molar-refractivity contribution in [3.05, 3.63) is 42.0 Å². The Morgan fingerprint density at radius 3 is 2.62 bits per heavy atom. The lowest BCUT2D eigenvalue weighted by molar-refractivity contribution is -0.124. The number of aromatic nitrogens is 2. The molecule has 0 fully saturated rings. The van der Waals surface area contributed by atoms with Gasteiger partial charge >= 0.3 is 0 Å². The van der Waals surface area contributed by atoms with Gasteiger partial charge in [0, 0.05) is 30.4 Å². The molecule has 0 aliphatic rings. The van der Waals surface area contributed by atoms with E-state index in [-0.39, 0.29) is 17.9 Å². The minimum absolute atomic E-state index is 0.0697. The number of para-hydroxylation sites is 1. The maximum atomic E-state index is 12.5. The van der Waals surface area contributed by atoms with Crippen LogP contribution >= 0.6 is 0 Å². The maximum absolute atomic E-state index is 12.5. The number of rotatable bonds is 7. The van der Waals surface area contributed by atoms with Crippen molar-refractivity contribution < 1.29 is 14.3 Å². The van der Waals surface area contributed by atoms with Gasteiger partial charge in [-0.2, -0.15) is 0 Å². The van der Waals surface area contributed by atoms with Gasteiger partial charge in [-0.25, -0.2) is 4.98 Å². The minimum Gasteiger partial charge on any atom is -0.493 e. The van der Waals surface area contributed by atoms with Crippen LogP contribution in [0.5, 0.6) is 11.5 Å². The highest BCUT2D eigenvalue weighted by Crippen LogP contribution is 2.30. The molecule has 1 N–H and O–H groups in total. The minimum atomic E-state index is -0.332. The van der Waals surface area contributed by atoms with Gasteiger partial charge in [0.05, 0.1) is 14.2 Å². The number of hydrogen-bond acceptors (Lipinski definition) is 4.